The number of nitrogens with one attached hydrogen (secondary N) is 2. The molecule has 2 amide bonds. The molecule has 2 unspecified atom stereocenters. The van der Waals surface area contributed by atoms with Gasteiger partial charge in [-0.1, -0.05) is 82.3 Å². The molecule has 4 atom stereocenters. The first-order valence-electron chi connectivity index (χ1n) is 11.1. The topological polar surface area (TPSA) is 185 Å². The van der Waals surface area contributed by atoms with Crippen molar-refractivity contribution < 1.29 is 29.4 Å². The molecule has 10 nitrogen and oxygen atoms in total. The number of amides is 2. The normalized spacial score (nSPS) is 14.2. The van der Waals surface area contributed by atoms with Gasteiger partial charge < -0.3 is 32.3 Å². The molecule has 12 heteroatoms. The zero-order valence-electron chi connectivity index (χ0n) is 19.4. The maximum absolute atomic E-state index is 12.4. The second-order valence-electron chi connectivity index (χ2n) is 7.96. The molecule has 0 heterocycles. The maximum atomic E-state index is 12.4. The summed E-state index contributed by atoms with van der Waals surface area (Å²) < 4.78 is 0. The molecule has 0 fully saturated rings. The molecule has 0 radical (unpaired) electrons. The fourth-order valence-corrected chi connectivity index (χ4v) is 5.37. The van der Waals surface area contributed by atoms with Crippen LogP contribution in [0.1, 0.15) is 11.1 Å². The van der Waals surface area contributed by atoms with Crippen LogP contribution in [0.2, 0.25) is 0 Å². The highest BCUT2D eigenvalue weighted by Gasteiger charge is 2.26. The number of carbonyl (C=O) groups excluding carboxylic acids is 2. The number of aliphatic carboxylic acids is 2. The summed E-state index contributed by atoms with van der Waals surface area (Å²) in [6, 6.07) is 14.0. The van der Waals surface area contributed by atoms with Gasteiger partial charge >= 0.3 is 11.9 Å². The number of carbonyl (C=O) groups is 4. The predicted octanol–water partition coefficient (Wildman–Crippen LogP) is 0.647. The van der Waals surface area contributed by atoms with E-state index in [9.17, 15) is 29.4 Å². The van der Waals surface area contributed by atoms with Crippen LogP contribution >= 0.6 is 21.6 Å². The van der Waals surface area contributed by atoms with Crippen molar-refractivity contribution in [1.82, 2.24) is 10.6 Å². The second-order valence-corrected chi connectivity index (χ2v) is 10.5. The lowest BCUT2D eigenvalue weighted by Crippen LogP contribution is -2.50. The number of hydrogen-bond donors (Lipinski definition) is 6. The molecule has 0 aliphatic rings. The zero-order valence-corrected chi connectivity index (χ0v) is 21.0. The molecule has 2 aromatic carbocycles. The van der Waals surface area contributed by atoms with Gasteiger partial charge in [0.15, 0.2) is 0 Å². The van der Waals surface area contributed by atoms with Crippen molar-refractivity contribution in [3.8, 4) is 0 Å². The Bertz CT molecular complexity index is 931. The van der Waals surface area contributed by atoms with E-state index in [-0.39, 0.29) is 24.3 Å². The summed E-state index contributed by atoms with van der Waals surface area (Å²) in [5.41, 5.74) is 13.5. The summed E-state index contributed by atoms with van der Waals surface area (Å²) in [4.78, 5) is 47.9. The summed E-state index contributed by atoms with van der Waals surface area (Å²) >= 11 is 0. The lowest BCUT2D eigenvalue weighted by atomic mass is 10.1. The summed E-state index contributed by atoms with van der Waals surface area (Å²) in [6.07, 6.45) is 0.514. The van der Waals surface area contributed by atoms with E-state index in [4.69, 9.17) is 11.5 Å². The standard InChI is InChI=1S/C24H30N4O6S2/c25-17(11-15-7-3-1-4-8-15)21(29)27-19(23(31)32)13-35-36-14-20(24(33)34)28-22(30)18(26)12-16-9-5-2-6-10-16/h1-10,17-20H,11-14,25-26H2,(H,27,29)(H,28,30)(H,31,32)(H,33,34)/t17-,18-,19?,20?/m0/s1. The van der Waals surface area contributed by atoms with Gasteiger partial charge in [0.1, 0.15) is 12.1 Å². The van der Waals surface area contributed by atoms with Gasteiger partial charge in [0, 0.05) is 11.5 Å². The zero-order chi connectivity index (χ0) is 26.5. The van der Waals surface area contributed by atoms with Gasteiger partial charge in [-0.25, -0.2) is 9.59 Å². The quantitative estimate of drug-likeness (QED) is 0.140. The number of hydrogen-bond acceptors (Lipinski definition) is 8. The molecule has 2 rings (SSSR count). The van der Waals surface area contributed by atoms with Crippen LogP contribution in [0, 0.1) is 0 Å². The molecule has 8 N–H and O–H groups in total. The van der Waals surface area contributed by atoms with Gasteiger partial charge in [-0.05, 0) is 24.0 Å². The van der Waals surface area contributed by atoms with Crippen molar-refractivity contribution in [3.05, 3.63) is 71.8 Å². The maximum Gasteiger partial charge on any atom is 0.327 e. The molecule has 0 aliphatic heterocycles. The van der Waals surface area contributed by atoms with Crippen LogP contribution in [0.3, 0.4) is 0 Å². The minimum absolute atomic E-state index is 0.0302. The van der Waals surface area contributed by atoms with Crippen molar-refractivity contribution in [1.29, 1.82) is 0 Å². The van der Waals surface area contributed by atoms with E-state index in [0.717, 1.165) is 32.7 Å². The molecule has 194 valence electrons. The van der Waals surface area contributed by atoms with E-state index in [1.807, 2.05) is 60.7 Å². The smallest absolute Gasteiger partial charge is 0.327 e. The first-order valence-corrected chi connectivity index (χ1v) is 13.6. The van der Waals surface area contributed by atoms with Crippen molar-refractivity contribution >= 4 is 45.3 Å². The van der Waals surface area contributed by atoms with Gasteiger partial charge in [-0.2, -0.15) is 0 Å². The van der Waals surface area contributed by atoms with Gasteiger partial charge in [0.2, 0.25) is 11.8 Å². The van der Waals surface area contributed by atoms with E-state index in [0.29, 0.717) is 0 Å². The molecule has 2 aromatic rings. The molecular weight excluding hydrogens is 504 g/mol. The third-order valence-corrected chi connectivity index (χ3v) is 7.47. The minimum Gasteiger partial charge on any atom is -0.480 e. The number of carboxylic acids is 2. The Morgan fingerprint density at radius 1 is 0.667 bits per heavy atom. The fraction of sp³-hybridized carbons (Fsp3) is 0.333. The summed E-state index contributed by atoms with van der Waals surface area (Å²) in [5, 5.41) is 23.7. The van der Waals surface area contributed by atoms with Crippen LogP contribution in [0.15, 0.2) is 60.7 Å². The average molecular weight is 535 g/mol. The van der Waals surface area contributed by atoms with Crippen LogP contribution in [-0.2, 0) is 32.0 Å². The SMILES string of the molecule is N[C@@H](Cc1ccccc1)C(=O)NC(CSSCC(NC(=O)[C@@H](N)Cc1ccccc1)C(=O)O)C(=O)O. The van der Waals surface area contributed by atoms with E-state index < -0.39 is 47.9 Å². The second kappa shape index (κ2) is 15.1. The van der Waals surface area contributed by atoms with E-state index in [1.165, 1.54) is 0 Å². The van der Waals surface area contributed by atoms with Gasteiger partial charge in [-0.3, -0.25) is 9.59 Å². The summed E-state index contributed by atoms with van der Waals surface area (Å²) in [7, 11) is 2.13. The first-order chi connectivity index (χ1) is 17.2. The van der Waals surface area contributed by atoms with Gasteiger partial charge in [0.05, 0.1) is 12.1 Å². The lowest BCUT2D eigenvalue weighted by molar-refractivity contribution is -0.141. The first kappa shape index (κ1) is 29.2. The lowest BCUT2D eigenvalue weighted by Gasteiger charge is -2.19. The van der Waals surface area contributed by atoms with Crippen LogP contribution in [0.25, 0.3) is 0 Å². The van der Waals surface area contributed by atoms with Gasteiger partial charge in [-0.15, -0.1) is 0 Å². The third-order valence-electron chi connectivity index (χ3n) is 5.05. The van der Waals surface area contributed by atoms with Crippen LogP contribution in [0.4, 0.5) is 0 Å². The molecule has 0 bridgehead atoms. The molecular formula is C24H30N4O6S2. The highest BCUT2D eigenvalue weighted by atomic mass is 33.1. The predicted molar refractivity (Wildman–Crippen MR) is 140 cm³/mol. The minimum atomic E-state index is -1.24. The molecule has 0 aliphatic carbocycles. The monoisotopic (exact) mass is 534 g/mol. The molecule has 0 saturated heterocycles. The number of rotatable bonds is 15. The largest absolute Gasteiger partial charge is 0.480 e. The van der Waals surface area contributed by atoms with Gasteiger partial charge in [0.25, 0.3) is 0 Å². The van der Waals surface area contributed by atoms with Crippen molar-refractivity contribution in [3.63, 3.8) is 0 Å². The number of carboxylic acid groups (broad SMARTS) is 2. The third kappa shape index (κ3) is 10.3. The Balaban J connectivity index is 1.79. The Kier molecular flexibility index (Phi) is 12.3. The van der Waals surface area contributed by atoms with Crippen LogP contribution < -0.4 is 22.1 Å². The van der Waals surface area contributed by atoms with Crippen molar-refractivity contribution in [2.75, 3.05) is 11.5 Å². The highest BCUT2D eigenvalue weighted by molar-refractivity contribution is 8.76. The van der Waals surface area contributed by atoms with E-state index in [2.05, 4.69) is 10.6 Å². The number of nitrogens with two attached hydrogens (primary N) is 2. The Morgan fingerprint density at radius 2 is 1.00 bits per heavy atom. The van der Waals surface area contributed by atoms with Crippen molar-refractivity contribution in [2.24, 2.45) is 11.5 Å². The van der Waals surface area contributed by atoms with Crippen LogP contribution in [-0.4, -0.2) is 69.6 Å². The van der Waals surface area contributed by atoms with E-state index >= 15 is 0 Å². The average Bonchev–Trinajstić information content (AvgIpc) is 2.85. The molecule has 0 saturated carbocycles. The Hall–Kier alpha value is -3.06. The Morgan fingerprint density at radius 3 is 1.31 bits per heavy atom. The summed E-state index contributed by atoms with van der Waals surface area (Å²) in [5.74, 6) is -3.73. The molecule has 36 heavy (non-hydrogen) atoms. The summed E-state index contributed by atoms with van der Waals surface area (Å²) in [6.45, 7) is 0. The number of benzene rings is 2. The highest BCUT2D eigenvalue weighted by Crippen LogP contribution is 2.23. The molecule has 0 spiro atoms. The van der Waals surface area contributed by atoms with Crippen molar-refractivity contribution in [2.45, 2.75) is 37.0 Å². The van der Waals surface area contributed by atoms with E-state index in [1.54, 1.807) is 0 Å². The van der Waals surface area contributed by atoms with Crippen LogP contribution in [0.5, 0.6) is 0 Å². The fourth-order valence-electron chi connectivity index (χ4n) is 3.06. The molecule has 0 aromatic heterocycles. The Labute approximate surface area is 217 Å².